The number of aromatic amines is 1. The predicted molar refractivity (Wildman–Crippen MR) is 92.0 cm³/mol. The van der Waals surface area contributed by atoms with Crippen LogP contribution in [0.4, 0.5) is 4.39 Å². The highest BCUT2D eigenvalue weighted by Crippen LogP contribution is 2.49. The van der Waals surface area contributed by atoms with Gasteiger partial charge >= 0.3 is 0 Å². The van der Waals surface area contributed by atoms with E-state index in [0.717, 1.165) is 23.9 Å². The second-order valence-corrected chi connectivity index (χ2v) is 6.44. The summed E-state index contributed by atoms with van der Waals surface area (Å²) in [6.45, 7) is 1.44. The van der Waals surface area contributed by atoms with Gasteiger partial charge in [0, 0.05) is 29.2 Å². The summed E-state index contributed by atoms with van der Waals surface area (Å²) < 4.78 is 13.6. The zero-order chi connectivity index (χ0) is 16.5. The van der Waals surface area contributed by atoms with Crippen LogP contribution in [0.15, 0.2) is 48.7 Å². The lowest BCUT2D eigenvalue weighted by atomic mass is 10.1. The molecule has 0 bridgehead atoms. The molecule has 2 aromatic carbocycles. The number of rotatable bonds is 5. The van der Waals surface area contributed by atoms with Gasteiger partial charge in [0.2, 0.25) is 0 Å². The Morgan fingerprint density at radius 1 is 1.25 bits per heavy atom. The maximum absolute atomic E-state index is 13.6. The van der Waals surface area contributed by atoms with Gasteiger partial charge in [-0.05, 0) is 54.6 Å². The summed E-state index contributed by atoms with van der Waals surface area (Å²) in [5, 5.41) is 13.6. The second-order valence-electron chi connectivity index (χ2n) is 6.44. The molecule has 4 heteroatoms. The van der Waals surface area contributed by atoms with Crippen LogP contribution >= 0.6 is 0 Å². The number of nitriles is 1. The molecule has 1 saturated carbocycles. The molecular formula is C20H18FN3. The maximum Gasteiger partial charge on any atom is 0.127 e. The molecule has 4 rings (SSSR count). The highest BCUT2D eigenvalue weighted by atomic mass is 19.1. The first-order chi connectivity index (χ1) is 11.8. The van der Waals surface area contributed by atoms with Gasteiger partial charge in [0.15, 0.2) is 0 Å². The summed E-state index contributed by atoms with van der Waals surface area (Å²) in [4.78, 5) is 3.29. The van der Waals surface area contributed by atoms with E-state index in [1.165, 1.54) is 11.6 Å². The number of aromatic nitrogens is 1. The average molecular weight is 319 g/mol. The highest BCUT2D eigenvalue weighted by Gasteiger charge is 2.39. The normalized spacial score (nSPS) is 19.3. The molecule has 3 nitrogen and oxygen atoms in total. The molecule has 0 amide bonds. The molecule has 1 aliphatic carbocycles. The molecule has 120 valence electrons. The molecule has 3 aromatic rings. The first-order valence-corrected chi connectivity index (χ1v) is 8.21. The molecule has 0 spiro atoms. The summed E-state index contributed by atoms with van der Waals surface area (Å²) in [5.74, 6) is 0.931. The summed E-state index contributed by atoms with van der Waals surface area (Å²) in [5.41, 5.74) is 3.77. The van der Waals surface area contributed by atoms with Gasteiger partial charge < -0.3 is 10.3 Å². The van der Waals surface area contributed by atoms with Crippen LogP contribution in [0.3, 0.4) is 0 Å². The summed E-state index contributed by atoms with van der Waals surface area (Å²) in [7, 11) is 0. The summed E-state index contributed by atoms with van der Waals surface area (Å²) >= 11 is 0. The van der Waals surface area contributed by atoms with Gasteiger partial charge in [-0.15, -0.1) is 0 Å². The van der Waals surface area contributed by atoms with E-state index in [9.17, 15) is 4.39 Å². The van der Waals surface area contributed by atoms with Crippen molar-refractivity contribution in [3.63, 3.8) is 0 Å². The van der Waals surface area contributed by atoms with Crippen molar-refractivity contribution in [2.45, 2.75) is 18.9 Å². The monoisotopic (exact) mass is 319 g/mol. The molecule has 0 saturated heterocycles. The lowest BCUT2D eigenvalue weighted by Crippen LogP contribution is -2.17. The van der Waals surface area contributed by atoms with Crippen molar-refractivity contribution < 1.29 is 4.39 Å². The number of benzene rings is 2. The molecule has 2 unspecified atom stereocenters. The Hall–Kier alpha value is -2.64. The smallest absolute Gasteiger partial charge is 0.127 e. The van der Waals surface area contributed by atoms with Crippen molar-refractivity contribution in [3.8, 4) is 6.07 Å². The lowest BCUT2D eigenvalue weighted by Gasteiger charge is -2.05. The first-order valence-electron chi connectivity index (χ1n) is 8.21. The lowest BCUT2D eigenvalue weighted by molar-refractivity contribution is 0.574. The van der Waals surface area contributed by atoms with E-state index in [1.807, 2.05) is 30.3 Å². The largest absolute Gasteiger partial charge is 0.361 e. The molecule has 1 aromatic heterocycles. The fourth-order valence-electron chi connectivity index (χ4n) is 3.41. The Kier molecular flexibility index (Phi) is 3.79. The summed E-state index contributed by atoms with van der Waals surface area (Å²) in [6, 6.07) is 14.8. The van der Waals surface area contributed by atoms with Gasteiger partial charge in [0.1, 0.15) is 5.82 Å². The third kappa shape index (κ3) is 2.79. The van der Waals surface area contributed by atoms with Gasteiger partial charge in [0.25, 0.3) is 0 Å². The highest BCUT2D eigenvalue weighted by molar-refractivity contribution is 5.85. The van der Waals surface area contributed by atoms with E-state index in [-0.39, 0.29) is 5.82 Å². The van der Waals surface area contributed by atoms with Crippen molar-refractivity contribution >= 4 is 10.9 Å². The minimum Gasteiger partial charge on any atom is -0.361 e. The van der Waals surface area contributed by atoms with Gasteiger partial charge in [-0.2, -0.15) is 5.26 Å². The zero-order valence-electron chi connectivity index (χ0n) is 13.2. The van der Waals surface area contributed by atoms with Crippen LogP contribution in [-0.4, -0.2) is 11.5 Å². The first kappa shape index (κ1) is 14.9. The fraction of sp³-hybridized carbons (Fsp3) is 0.250. The number of nitrogens with one attached hydrogen (secondary N) is 2. The topological polar surface area (TPSA) is 51.6 Å². The maximum atomic E-state index is 13.6. The van der Waals surface area contributed by atoms with Crippen molar-refractivity contribution in [1.82, 2.24) is 10.3 Å². The van der Waals surface area contributed by atoms with Crippen molar-refractivity contribution in [2.75, 3.05) is 6.54 Å². The van der Waals surface area contributed by atoms with Crippen LogP contribution in [-0.2, 0) is 6.54 Å². The second kappa shape index (κ2) is 6.10. The van der Waals surface area contributed by atoms with Gasteiger partial charge in [-0.25, -0.2) is 4.39 Å². The van der Waals surface area contributed by atoms with E-state index >= 15 is 0 Å². The quantitative estimate of drug-likeness (QED) is 0.745. The molecule has 1 aliphatic rings. The minimum atomic E-state index is -0.155. The Morgan fingerprint density at radius 2 is 2.12 bits per heavy atom. The van der Waals surface area contributed by atoms with Crippen LogP contribution < -0.4 is 5.32 Å². The van der Waals surface area contributed by atoms with E-state index in [0.29, 0.717) is 29.5 Å². The molecule has 2 atom stereocenters. The van der Waals surface area contributed by atoms with Crippen molar-refractivity contribution in [3.05, 3.63) is 71.2 Å². The molecule has 0 radical (unpaired) electrons. The van der Waals surface area contributed by atoms with Gasteiger partial charge in [0.05, 0.1) is 11.6 Å². The summed E-state index contributed by atoms with van der Waals surface area (Å²) in [6.07, 6.45) is 3.20. The number of halogens is 1. The Labute approximate surface area is 140 Å². The van der Waals surface area contributed by atoms with Crippen molar-refractivity contribution in [1.29, 1.82) is 5.26 Å². The van der Waals surface area contributed by atoms with E-state index in [1.54, 1.807) is 6.07 Å². The minimum absolute atomic E-state index is 0.155. The fourth-order valence-corrected chi connectivity index (χ4v) is 3.41. The molecule has 24 heavy (non-hydrogen) atoms. The Morgan fingerprint density at radius 3 is 2.96 bits per heavy atom. The number of nitrogens with zero attached hydrogens (tertiary/aromatic N) is 1. The van der Waals surface area contributed by atoms with Gasteiger partial charge in [-0.3, -0.25) is 0 Å². The molecule has 0 aliphatic heterocycles. The third-order valence-electron chi connectivity index (χ3n) is 4.84. The van der Waals surface area contributed by atoms with Gasteiger partial charge in [-0.1, -0.05) is 18.2 Å². The predicted octanol–water partition coefficient (Wildman–Crippen LogP) is 4.07. The van der Waals surface area contributed by atoms with Crippen molar-refractivity contribution in [2.24, 2.45) is 5.92 Å². The SMILES string of the molecule is N#Cc1ccc2[nH]cc(C3CC3CNCc3ccccc3F)c2c1. The average Bonchev–Trinajstić information content (AvgIpc) is 3.25. The van der Waals surface area contributed by atoms with Crippen LogP contribution in [0.25, 0.3) is 10.9 Å². The Bertz CT molecular complexity index is 922. The van der Waals surface area contributed by atoms with Crippen LogP contribution in [0.5, 0.6) is 0 Å². The number of hydrogen-bond donors (Lipinski definition) is 2. The zero-order valence-corrected chi connectivity index (χ0v) is 13.2. The number of hydrogen-bond acceptors (Lipinski definition) is 2. The number of fused-ring (bicyclic) bond motifs is 1. The van der Waals surface area contributed by atoms with Crippen LogP contribution in [0.2, 0.25) is 0 Å². The van der Waals surface area contributed by atoms with E-state index < -0.39 is 0 Å². The van der Waals surface area contributed by atoms with Crippen LogP contribution in [0.1, 0.15) is 29.0 Å². The Balaban J connectivity index is 1.40. The van der Waals surface area contributed by atoms with E-state index in [4.69, 9.17) is 5.26 Å². The third-order valence-corrected chi connectivity index (χ3v) is 4.84. The van der Waals surface area contributed by atoms with E-state index in [2.05, 4.69) is 22.6 Å². The van der Waals surface area contributed by atoms with Crippen LogP contribution in [0, 0.1) is 23.1 Å². The standard InChI is InChI=1S/C20H18FN3/c21-19-4-2-1-3-14(19)10-23-11-15-8-16(15)18-12-24-20-6-5-13(9-22)7-17(18)20/h1-7,12,15-16,23-24H,8,10-11H2. The molecule has 1 fully saturated rings. The molecular weight excluding hydrogens is 301 g/mol. The molecule has 1 heterocycles. The number of H-pyrrole nitrogens is 1. The molecule has 2 N–H and O–H groups in total.